The maximum atomic E-state index is 5.28. The second kappa shape index (κ2) is 14.1. The van der Waals surface area contributed by atoms with E-state index < -0.39 is 5.41 Å². The van der Waals surface area contributed by atoms with Gasteiger partial charge in [-0.3, -0.25) is 0 Å². The summed E-state index contributed by atoms with van der Waals surface area (Å²) in [4.78, 5) is 15.6. The normalized spacial score (nSPS) is 12.5. The van der Waals surface area contributed by atoms with Crippen molar-refractivity contribution in [2.24, 2.45) is 0 Å². The van der Waals surface area contributed by atoms with Crippen LogP contribution in [0.3, 0.4) is 0 Å². The van der Waals surface area contributed by atoms with Gasteiger partial charge < -0.3 is 0 Å². The van der Waals surface area contributed by atoms with Crippen LogP contribution in [0.2, 0.25) is 0 Å². The maximum absolute atomic E-state index is 5.28. The molecule has 10 rings (SSSR count). The van der Waals surface area contributed by atoms with Gasteiger partial charge in [0.15, 0.2) is 17.5 Å². The number of benzene rings is 8. The Bertz CT molecular complexity index is 2780. The molecule has 1 heterocycles. The molecule has 0 bridgehead atoms. The summed E-state index contributed by atoms with van der Waals surface area (Å²) in [6, 6.07) is 71.7. The second-order valence-electron chi connectivity index (χ2n) is 14.9. The highest BCUT2D eigenvalue weighted by Gasteiger charge is 2.47. The lowest BCUT2D eigenvalue weighted by atomic mass is 9.67. The Morgan fingerprint density at radius 3 is 1.30 bits per heavy atom. The van der Waals surface area contributed by atoms with Crippen LogP contribution >= 0.6 is 0 Å². The molecule has 9 aromatic rings. The van der Waals surface area contributed by atoms with E-state index in [0.717, 1.165) is 38.9 Å². The molecule has 3 heteroatoms. The molecule has 8 aromatic carbocycles. The predicted molar refractivity (Wildman–Crippen MR) is 234 cm³/mol. The predicted octanol–water partition coefficient (Wildman–Crippen LogP) is 13.2. The molecule has 270 valence electrons. The van der Waals surface area contributed by atoms with E-state index in [0.29, 0.717) is 17.5 Å². The lowest BCUT2D eigenvalue weighted by molar-refractivity contribution is 0.767. The minimum atomic E-state index is -0.542. The van der Waals surface area contributed by atoms with Gasteiger partial charge in [0.1, 0.15) is 0 Å². The monoisotopic (exact) mass is 729 g/mol. The largest absolute Gasteiger partial charge is 0.208 e. The molecule has 0 radical (unpaired) electrons. The Morgan fingerprint density at radius 2 is 0.719 bits per heavy atom. The Labute approximate surface area is 334 Å². The van der Waals surface area contributed by atoms with Crippen molar-refractivity contribution in [3.63, 3.8) is 0 Å². The molecule has 0 atom stereocenters. The summed E-state index contributed by atoms with van der Waals surface area (Å²) >= 11 is 0. The van der Waals surface area contributed by atoms with E-state index >= 15 is 0 Å². The van der Waals surface area contributed by atoms with Crippen LogP contribution < -0.4 is 0 Å². The Balaban J connectivity index is 1.31. The van der Waals surface area contributed by atoms with Crippen molar-refractivity contribution in [2.45, 2.75) is 19.3 Å². The number of aromatic nitrogens is 3. The van der Waals surface area contributed by atoms with Gasteiger partial charge in [-0.05, 0) is 63.9 Å². The molecule has 1 aliphatic carbocycles. The van der Waals surface area contributed by atoms with Crippen LogP contribution in [0, 0.1) is 13.8 Å². The summed E-state index contributed by atoms with van der Waals surface area (Å²) in [5.74, 6) is 1.90. The van der Waals surface area contributed by atoms with Gasteiger partial charge in [-0.25, -0.2) is 15.0 Å². The molecular formula is C54H39N3. The highest BCUT2D eigenvalue weighted by molar-refractivity contribution is 6.03. The molecule has 0 saturated carbocycles. The number of aryl methyl sites for hydroxylation is 2. The van der Waals surface area contributed by atoms with Crippen LogP contribution in [0.1, 0.15) is 33.4 Å². The van der Waals surface area contributed by atoms with Crippen molar-refractivity contribution in [2.75, 3.05) is 0 Å². The third-order valence-corrected chi connectivity index (χ3v) is 11.4. The van der Waals surface area contributed by atoms with E-state index in [1.165, 1.54) is 44.5 Å². The van der Waals surface area contributed by atoms with Crippen LogP contribution in [0.15, 0.2) is 200 Å². The van der Waals surface area contributed by atoms with Crippen molar-refractivity contribution in [3.05, 3.63) is 234 Å². The fraction of sp³-hybridized carbons (Fsp3) is 0.0556. The molecular weight excluding hydrogens is 691 g/mol. The highest BCUT2D eigenvalue weighted by Crippen LogP contribution is 2.59. The summed E-state index contributed by atoms with van der Waals surface area (Å²) in [6.45, 7) is 4.32. The first-order valence-electron chi connectivity index (χ1n) is 19.5. The van der Waals surface area contributed by atoms with E-state index in [-0.39, 0.29) is 0 Å². The molecule has 0 N–H and O–H groups in total. The molecule has 0 aliphatic heterocycles. The Morgan fingerprint density at radius 1 is 0.298 bits per heavy atom. The maximum Gasteiger partial charge on any atom is 0.164 e. The van der Waals surface area contributed by atoms with E-state index in [1.54, 1.807) is 0 Å². The Hall–Kier alpha value is -7.23. The first-order chi connectivity index (χ1) is 28.1. The van der Waals surface area contributed by atoms with Gasteiger partial charge in [-0.15, -0.1) is 0 Å². The summed E-state index contributed by atoms with van der Waals surface area (Å²) in [5, 5.41) is 0. The van der Waals surface area contributed by atoms with Crippen molar-refractivity contribution in [3.8, 4) is 67.5 Å². The zero-order chi connectivity index (χ0) is 38.3. The van der Waals surface area contributed by atoms with Crippen molar-refractivity contribution >= 4 is 0 Å². The molecule has 1 aromatic heterocycles. The third kappa shape index (κ3) is 5.79. The lowest BCUT2D eigenvalue weighted by Crippen LogP contribution is -2.28. The number of rotatable bonds is 7. The van der Waals surface area contributed by atoms with Crippen LogP contribution in [-0.4, -0.2) is 15.0 Å². The molecule has 0 fully saturated rings. The van der Waals surface area contributed by atoms with Crippen LogP contribution in [-0.2, 0) is 5.41 Å². The summed E-state index contributed by atoms with van der Waals surface area (Å²) in [5.41, 5.74) is 16.7. The van der Waals surface area contributed by atoms with Crippen molar-refractivity contribution < 1.29 is 0 Å². The topological polar surface area (TPSA) is 38.7 Å². The molecule has 0 saturated heterocycles. The Kier molecular flexibility index (Phi) is 8.49. The molecule has 0 unspecified atom stereocenters. The van der Waals surface area contributed by atoms with Crippen molar-refractivity contribution in [1.29, 1.82) is 0 Å². The van der Waals surface area contributed by atoms with Gasteiger partial charge in [0.05, 0.1) is 5.41 Å². The summed E-state index contributed by atoms with van der Waals surface area (Å²) in [6.07, 6.45) is 0. The van der Waals surface area contributed by atoms with Crippen LogP contribution in [0.25, 0.3) is 67.5 Å². The van der Waals surface area contributed by atoms with E-state index in [1.807, 2.05) is 36.4 Å². The fourth-order valence-electron chi connectivity index (χ4n) is 8.75. The van der Waals surface area contributed by atoms with Crippen molar-refractivity contribution in [1.82, 2.24) is 15.0 Å². The van der Waals surface area contributed by atoms with Gasteiger partial charge in [-0.1, -0.05) is 211 Å². The van der Waals surface area contributed by atoms with Gasteiger partial charge in [0.25, 0.3) is 0 Å². The standard InChI is InChI=1S/C54H39N3/c1-36-28-32-41(33-29-36)54(42-34-30-37(2)31-35-42)47-26-13-12-22-44(47)50-45(24-15-27-48(50)54)49-43(38-16-6-3-7-17-38)23-14-25-46(49)53-56-51(39-18-8-4-9-19-39)55-52(57-53)40-20-10-5-11-21-40/h3-35H,1-2H3. The van der Waals surface area contributed by atoms with E-state index in [2.05, 4.69) is 178 Å². The van der Waals surface area contributed by atoms with Crippen LogP contribution in [0.4, 0.5) is 0 Å². The minimum Gasteiger partial charge on any atom is -0.208 e. The zero-order valence-electron chi connectivity index (χ0n) is 31.9. The smallest absolute Gasteiger partial charge is 0.164 e. The number of fused-ring (bicyclic) bond motifs is 3. The van der Waals surface area contributed by atoms with E-state index in [4.69, 9.17) is 15.0 Å². The number of hydrogen-bond acceptors (Lipinski definition) is 3. The minimum absolute atomic E-state index is 0.542. The molecule has 0 amide bonds. The SMILES string of the molecule is Cc1ccc(C2(c3ccc(C)cc3)c3ccccc3-c3c(-c4c(-c5ccccc5)cccc4-c4nc(-c5ccccc5)nc(-c5ccccc5)n4)cccc32)cc1. The second-order valence-corrected chi connectivity index (χ2v) is 14.9. The average molecular weight is 730 g/mol. The quantitative estimate of drug-likeness (QED) is 0.164. The molecule has 1 aliphatic rings. The third-order valence-electron chi connectivity index (χ3n) is 11.4. The number of hydrogen-bond donors (Lipinski definition) is 0. The van der Waals surface area contributed by atoms with Gasteiger partial charge in [0.2, 0.25) is 0 Å². The van der Waals surface area contributed by atoms with Crippen LogP contribution in [0.5, 0.6) is 0 Å². The molecule has 57 heavy (non-hydrogen) atoms. The highest BCUT2D eigenvalue weighted by atomic mass is 15.0. The summed E-state index contributed by atoms with van der Waals surface area (Å²) in [7, 11) is 0. The number of nitrogens with zero attached hydrogens (tertiary/aromatic N) is 3. The summed E-state index contributed by atoms with van der Waals surface area (Å²) < 4.78 is 0. The first-order valence-corrected chi connectivity index (χ1v) is 19.5. The van der Waals surface area contributed by atoms with Gasteiger partial charge in [-0.2, -0.15) is 0 Å². The van der Waals surface area contributed by atoms with Gasteiger partial charge >= 0.3 is 0 Å². The molecule has 0 spiro atoms. The average Bonchev–Trinajstić information content (AvgIpc) is 3.58. The van der Waals surface area contributed by atoms with E-state index in [9.17, 15) is 0 Å². The zero-order valence-corrected chi connectivity index (χ0v) is 31.9. The molecule has 3 nitrogen and oxygen atoms in total. The lowest BCUT2D eigenvalue weighted by Gasteiger charge is -2.34. The fourth-order valence-corrected chi connectivity index (χ4v) is 8.75. The van der Waals surface area contributed by atoms with Gasteiger partial charge in [0, 0.05) is 22.3 Å². The first kappa shape index (κ1) is 34.3.